The topological polar surface area (TPSA) is 58.6 Å². The summed E-state index contributed by atoms with van der Waals surface area (Å²) in [6.45, 7) is 0.762. The number of likely N-dealkylation sites (tertiary alicyclic amines) is 1. The molecule has 0 aromatic carbocycles. The average Bonchev–Trinajstić information content (AvgIpc) is 2.13. The van der Waals surface area contributed by atoms with Crippen molar-refractivity contribution in [3.8, 4) is 0 Å². The largest absolute Gasteiger partial charge is 0.453 e. The summed E-state index contributed by atoms with van der Waals surface area (Å²) in [5, 5.41) is 2.50. The second-order valence-electron chi connectivity index (χ2n) is 3.09. The Morgan fingerprint density at radius 1 is 1.69 bits per heavy atom. The molecule has 1 unspecified atom stereocenters. The van der Waals surface area contributed by atoms with Gasteiger partial charge in [-0.25, -0.2) is 4.79 Å². The molecule has 1 heterocycles. The minimum Gasteiger partial charge on any atom is -0.453 e. The number of amides is 2. The molecule has 1 aliphatic rings. The highest BCUT2D eigenvalue weighted by atomic mass is 16.5. The van der Waals surface area contributed by atoms with Gasteiger partial charge in [0.25, 0.3) is 0 Å². The second-order valence-corrected chi connectivity index (χ2v) is 3.09. The van der Waals surface area contributed by atoms with Crippen LogP contribution in [0.15, 0.2) is 0 Å². The molecule has 1 fully saturated rings. The summed E-state index contributed by atoms with van der Waals surface area (Å²) >= 11 is 0. The maximum absolute atomic E-state index is 11.4. The Labute approximate surface area is 77.0 Å². The lowest BCUT2D eigenvalue weighted by Gasteiger charge is -2.29. The van der Waals surface area contributed by atoms with Gasteiger partial charge in [-0.1, -0.05) is 0 Å². The van der Waals surface area contributed by atoms with E-state index >= 15 is 0 Å². The number of carbonyl (C=O) groups is 2. The summed E-state index contributed by atoms with van der Waals surface area (Å²) in [5.74, 6) is -0.0448. The maximum atomic E-state index is 11.4. The molecule has 1 atom stereocenters. The maximum Gasteiger partial charge on any atom is 0.407 e. The number of nitrogens with one attached hydrogen (secondary N) is 1. The number of nitrogens with zero attached hydrogens (tertiary/aromatic N) is 1. The molecule has 1 aliphatic heterocycles. The Balaban J connectivity index is 2.49. The van der Waals surface area contributed by atoms with Gasteiger partial charge in [0, 0.05) is 13.6 Å². The van der Waals surface area contributed by atoms with Crippen molar-refractivity contribution in [2.45, 2.75) is 18.9 Å². The molecule has 1 saturated heterocycles. The fourth-order valence-electron chi connectivity index (χ4n) is 1.37. The molecule has 0 aliphatic carbocycles. The number of hydrogen-bond acceptors (Lipinski definition) is 3. The van der Waals surface area contributed by atoms with E-state index in [-0.39, 0.29) is 5.91 Å². The molecule has 0 saturated carbocycles. The van der Waals surface area contributed by atoms with Crippen LogP contribution in [0.4, 0.5) is 4.79 Å². The SMILES string of the molecule is COC(=O)NC1CCCN(C)C1=O. The first-order valence-corrected chi connectivity index (χ1v) is 4.24. The smallest absolute Gasteiger partial charge is 0.407 e. The summed E-state index contributed by atoms with van der Waals surface area (Å²) in [4.78, 5) is 23.9. The number of piperidine rings is 1. The van der Waals surface area contributed by atoms with Gasteiger partial charge in [-0.2, -0.15) is 0 Å². The molecule has 74 valence electrons. The van der Waals surface area contributed by atoms with Gasteiger partial charge in [-0.05, 0) is 12.8 Å². The average molecular weight is 186 g/mol. The fraction of sp³-hybridized carbons (Fsp3) is 0.750. The van der Waals surface area contributed by atoms with E-state index in [9.17, 15) is 9.59 Å². The fourth-order valence-corrected chi connectivity index (χ4v) is 1.37. The van der Waals surface area contributed by atoms with Crippen molar-refractivity contribution in [1.82, 2.24) is 10.2 Å². The van der Waals surface area contributed by atoms with Crippen LogP contribution < -0.4 is 5.32 Å². The van der Waals surface area contributed by atoms with Crippen molar-refractivity contribution in [2.75, 3.05) is 20.7 Å². The van der Waals surface area contributed by atoms with Crippen LogP contribution in [0.2, 0.25) is 0 Å². The number of methoxy groups -OCH3 is 1. The Kier molecular flexibility index (Phi) is 3.11. The van der Waals surface area contributed by atoms with E-state index in [0.717, 1.165) is 13.0 Å². The molecule has 0 aromatic rings. The summed E-state index contributed by atoms with van der Waals surface area (Å²) in [5.41, 5.74) is 0. The van der Waals surface area contributed by atoms with Crippen molar-refractivity contribution in [1.29, 1.82) is 0 Å². The van der Waals surface area contributed by atoms with Crippen molar-refractivity contribution in [2.24, 2.45) is 0 Å². The van der Waals surface area contributed by atoms with Crippen LogP contribution >= 0.6 is 0 Å². The Morgan fingerprint density at radius 2 is 2.38 bits per heavy atom. The predicted octanol–water partition coefficient (Wildman–Crippen LogP) is -0.0368. The third-order valence-corrected chi connectivity index (χ3v) is 2.14. The van der Waals surface area contributed by atoms with E-state index in [0.29, 0.717) is 6.42 Å². The van der Waals surface area contributed by atoms with Crippen LogP contribution in [-0.4, -0.2) is 43.6 Å². The molecule has 13 heavy (non-hydrogen) atoms. The highest BCUT2D eigenvalue weighted by Crippen LogP contribution is 2.09. The van der Waals surface area contributed by atoms with Crippen LogP contribution in [0, 0.1) is 0 Å². The molecule has 0 spiro atoms. The van der Waals surface area contributed by atoms with Crippen LogP contribution in [0.3, 0.4) is 0 Å². The number of alkyl carbamates (subject to hydrolysis) is 1. The van der Waals surface area contributed by atoms with Crippen molar-refractivity contribution in [3.63, 3.8) is 0 Å². The third-order valence-electron chi connectivity index (χ3n) is 2.14. The quantitative estimate of drug-likeness (QED) is 0.625. The highest BCUT2D eigenvalue weighted by Gasteiger charge is 2.27. The standard InChI is InChI=1S/C8H14N2O3/c1-10-5-3-4-6(7(10)11)9-8(12)13-2/h6H,3-5H2,1-2H3,(H,9,12). The molecule has 2 amide bonds. The zero-order valence-electron chi connectivity index (χ0n) is 7.87. The molecule has 1 N–H and O–H groups in total. The number of hydrogen-bond donors (Lipinski definition) is 1. The van der Waals surface area contributed by atoms with Crippen molar-refractivity contribution in [3.05, 3.63) is 0 Å². The van der Waals surface area contributed by atoms with Gasteiger partial charge in [-0.3, -0.25) is 4.79 Å². The first-order valence-electron chi connectivity index (χ1n) is 4.24. The molecule has 5 nitrogen and oxygen atoms in total. The summed E-state index contributed by atoms with van der Waals surface area (Å²) in [6.07, 6.45) is 1.06. The predicted molar refractivity (Wildman–Crippen MR) is 46.2 cm³/mol. The zero-order valence-corrected chi connectivity index (χ0v) is 7.87. The summed E-state index contributed by atoms with van der Waals surface area (Å²) in [6, 6.07) is -0.411. The monoisotopic (exact) mass is 186 g/mol. The van der Waals surface area contributed by atoms with E-state index in [4.69, 9.17) is 0 Å². The minimum atomic E-state index is -0.548. The van der Waals surface area contributed by atoms with Gasteiger partial charge in [-0.15, -0.1) is 0 Å². The van der Waals surface area contributed by atoms with E-state index in [1.807, 2.05) is 0 Å². The normalized spacial score (nSPS) is 22.8. The van der Waals surface area contributed by atoms with E-state index < -0.39 is 12.1 Å². The molecule has 0 bridgehead atoms. The lowest BCUT2D eigenvalue weighted by molar-refractivity contribution is -0.134. The van der Waals surface area contributed by atoms with E-state index in [1.54, 1.807) is 11.9 Å². The minimum absolute atomic E-state index is 0.0448. The number of likely N-dealkylation sites (N-methyl/N-ethyl adjacent to an activating group) is 1. The first kappa shape index (κ1) is 9.83. The van der Waals surface area contributed by atoms with Gasteiger partial charge in [0.1, 0.15) is 6.04 Å². The molecule has 1 rings (SSSR count). The molecular weight excluding hydrogens is 172 g/mol. The van der Waals surface area contributed by atoms with Crippen LogP contribution in [-0.2, 0) is 9.53 Å². The lowest BCUT2D eigenvalue weighted by Crippen LogP contribution is -2.50. The highest BCUT2D eigenvalue weighted by molar-refractivity contribution is 5.86. The number of rotatable bonds is 1. The molecule has 5 heteroatoms. The third kappa shape index (κ3) is 2.34. The summed E-state index contributed by atoms with van der Waals surface area (Å²) in [7, 11) is 3.01. The van der Waals surface area contributed by atoms with Gasteiger partial charge >= 0.3 is 6.09 Å². The Morgan fingerprint density at radius 3 is 3.00 bits per heavy atom. The van der Waals surface area contributed by atoms with Crippen molar-refractivity contribution >= 4 is 12.0 Å². The van der Waals surface area contributed by atoms with Gasteiger partial charge in [0.15, 0.2) is 0 Å². The first-order chi connectivity index (χ1) is 6.15. The van der Waals surface area contributed by atoms with E-state index in [2.05, 4.69) is 10.1 Å². The van der Waals surface area contributed by atoms with Gasteiger partial charge in [0.05, 0.1) is 7.11 Å². The molecule has 0 aromatic heterocycles. The zero-order chi connectivity index (χ0) is 9.84. The Hall–Kier alpha value is -1.26. The van der Waals surface area contributed by atoms with Crippen LogP contribution in [0.5, 0.6) is 0 Å². The molecular formula is C8H14N2O3. The number of carbonyl (C=O) groups excluding carboxylic acids is 2. The van der Waals surface area contributed by atoms with Crippen molar-refractivity contribution < 1.29 is 14.3 Å². The summed E-state index contributed by atoms with van der Waals surface area (Å²) < 4.78 is 4.42. The van der Waals surface area contributed by atoms with Crippen LogP contribution in [0.25, 0.3) is 0 Å². The van der Waals surface area contributed by atoms with Crippen LogP contribution in [0.1, 0.15) is 12.8 Å². The van der Waals surface area contributed by atoms with Gasteiger partial charge in [0.2, 0.25) is 5.91 Å². The number of ether oxygens (including phenoxy) is 1. The van der Waals surface area contributed by atoms with E-state index in [1.165, 1.54) is 7.11 Å². The van der Waals surface area contributed by atoms with Gasteiger partial charge < -0.3 is 15.0 Å². The molecule has 0 radical (unpaired) electrons. The Bertz CT molecular complexity index is 217. The second kappa shape index (κ2) is 4.11. The lowest BCUT2D eigenvalue weighted by atomic mass is 10.1.